The van der Waals surface area contributed by atoms with Gasteiger partial charge >= 0.3 is 0 Å². The summed E-state index contributed by atoms with van der Waals surface area (Å²) in [6.45, 7) is 5.92. The molecule has 1 aromatic carbocycles. The first-order chi connectivity index (χ1) is 11.2. The van der Waals surface area contributed by atoms with E-state index in [0.717, 1.165) is 32.7 Å². The van der Waals surface area contributed by atoms with Gasteiger partial charge in [-0.3, -0.25) is 4.90 Å². The van der Waals surface area contributed by atoms with Gasteiger partial charge in [-0.1, -0.05) is 30.3 Å². The van der Waals surface area contributed by atoms with Gasteiger partial charge in [0.2, 0.25) is 0 Å². The van der Waals surface area contributed by atoms with Crippen LogP contribution in [-0.2, 0) is 17.8 Å². The summed E-state index contributed by atoms with van der Waals surface area (Å²) < 4.78 is 7.42. The summed E-state index contributed by atoms with van der Waals surface area (Å²) >= 11 is 0. The molecule has 0 saturated carbocycles. The van der Waals surface area contributed by atoms with Crippen molar-refractivity contribution in [3.63, 3.8) is 0 Å². The number of aliphatic hydroxyl groups is 1. The number of benzene rings is 1. The van der Waals surface area contributed by atoms with Crippen LogP contribution in [0, 0.1) is 0 Å². The first-order valence-electron chi connectivity index (χ1n) is 8.26. The second kappa shape index (κ2) is 9.50. The molecule has 1 atom stereocenters. The molecule has 0 spiro atoms. The number of rotatable bonds is 10. The predicted molar refractivity (Wildman–Crippen MR) is 93.4 cm³/mol. The zero-order valence-electron chi connectivity index (χ0n) is 14.2. The highest BCUT2D eigenvalue weighted by Crippen LogP contribution is 2.11. The average Bonchev–Trinajstić information content (AvgIpc) is 2.95. The van der Waals surface area contributed by atoms with Crippen molar-refractivity contribution in [2.24, 2.45) is 0 Å². The molecule has 1 N–H and O–H groups in total. The Labute approximate surface area is 139 Å². The van der Waals surface area contributed by atoms with E-state index in [1.54, 1.807) is 7.11 Å². The lowest BCUT2D eigenvalue weighted by atomic mass is 10.2. The zero-order chi connectivity index (χ0) is 16.5. The van der Waals surface area contributed by atoms with Crippen LogP contribution in [-0.4, -0.2) is 47.5 Å². The Balaban J connectivity index is 2.00. The number of hydrogen-bond donors (Lipinski definition) is 1. The molecular weight excluding hydrogens is 288 g/mol. The maximum absolute atomic E-state index is 9.73. The highest BCUT2D eigenvalue weighted by molar-refractivity contribution is 5.17. The molecule has 1 aromatic heterocycles. The van der Waals surface area contributed by atoms with Crippen molar-refractivity contribution >= 4 is 0 Å². The van der Waals surface area contributed by atoms with Crippen molar-refractivity contribution in [3.8, 4) is 0 Å². The van der Waals surface area contributed by atoms with Crippen LogP contribution in [0.25, 0.3) is 0 Å². The highest BCUT2D eigenvalue weighted by Gasteiger charge is 2.11. The van der Waals surface area contributed by atoms with Crippen LogP contribution in [0.15, 0.2) is 48.7 Å². The molecule has 2 rings (SSSR count). The van der Waals surface area contributed by atoms with E-state index in [2.05, 4.69) is 52.1 Å². The molecule has 23 heavy (non-hydrogen) atoms. The van der Waals surface area contributed by atoms with Gasteiger partial charge < -0.3 is 14.4 Å². The fourth-order valence-corrected chi connectivity index (χ4v) is 2.80. The van der Waals surface area contributed by atoms with Crippen molar-refractivity contribution < 1.29 is 9.84 Å². The van der Waals surface area contributed by atoms with Crippen molar-refractivity contribution in [1.82, 2.24) is 9.47 Å². The number of hydrogen-bond acceptors (Lipinski definition) is 3. The van der Waals surface area contributed by atoms with Crippen molar-refractivity contribution in [1.29, 1.82) is 0 Å². The summed E-state index contributed by atoms with van der Waals surface area (Å²) in [4.78, 5) is 2.29. The Morgan fingerprint density at radius 1 is 1.17 bits per heavy atom. The van der Waals surface area contributed by atoms with Crippen LogP contribution in [0.2, 0.25) is 0 Å². The number of methoxy groups -OCH3 is 1. The van der Waals surface area contributed by atoms with E-state index < -0.39 is 0 Å². The summed E-state index contributed by atoms with van der Waals surface area (Å²) in [5, 5.41) is 9.73. The molecular formula is C19H28N2O2. The third kappa shape index (κ3) is 6.18. The van der Waals surface area contributed by atoms with Crippen LogP contribution in [0.1, 0.15) is 24.6 Å². The van der Waals surface area contributed by atoms with Gasteiger partial charge in [0.05, 0.1) is 6.10 Å². The fraction of sp³-hybridized carbons (Fsp3) is 0.474. The third-order valence-electron chi connectivity index (χ3n) is 3.85. The van der Waals surface area contributed by atoms with Crippen LogP contribution >= 0.6 is 0 Å². The maximum Gasteiger partial charge on any atom is 0.0639 e. The lowest BCUT2D eigenvalue weighted by molar-refractivity contribution is 0.109. The van der Waals surface area contributed by atoms with Gasteiger partial charge in [-0.05, 0) is 31.0 Å². The molecule has 0 saturated heterocycles. The molecule has 0 fully saturated rings. The van der Waals surface area contributed by atoms with Gasteiger partial charge in [-0.15, -0.1) is 0 Å². The first kappa shape index (κ1) is 17.7. The summed E-state index contributed by atoms with van der Waals surface area (Å²) in [6, 6.07) is 14.7. The van der Waals surface area contributed by atoms with E-state index >= 15 is 0 Å². The average molecular weight is 316 g/mol. The zero-order valence-corrected chi connectivity index (χ0v) is 14.2. The van der Waals surface area contributed by atoms with E-state index in [1.165, 1.54) is 11.3 Å². The van der Waals surface area contributed by atoms with Gasteiger partial charge in [-0.2, -0.15) is 0 Å². The smallest absolute Gasteiger partial charge is 0.0639 e. The monoisotopic (exact) mass is 316 g/mol. The van der Waals surface area contributed by atoms with E-state index in [9.17, 15) is 5.11 Å². The van der Waals surface area contributed by atoms with Gasteiger partial charge in [0.1, 0.15) is 0 Å². The molecule has 1 heterocycles. The Morgan fingerprint density at radius 3 is 2.65 bits per heavy atom. The molecule has 1 unspecified atom stereocenters. The quantitative estimate of drug-likeness (QED) is 0.685. The molecule has 0 bridgehead atoms. The number of nitrogens with zero attached hydrogens (tertiary/aromatic N) is 2. The Bertz CT molecular complexity index is 552. The van der Waals surface area contributed by atoms with Crippen LogP contribution in [0.4, 0.5) is 0 Å². The van der Waals surface area contributed by atoms with Gasteiger partial charge in [0.15, 0.2) is 0 Å². The SMILES string of the molecule is COCCCN(Cc1cccn1Cc1ccccc1)CC(C)O. The topological polar surface area (TPSA) is 37.6 Å². The van der Waals surface area contributed by atoms with E-state index in [-0.39, 0.29) is 6.10 Å². The number of ether oxygens (including phenoxy) is 1. The third-order valence-corrected chi connectivity index (χ3v) is 3.85. The molecule has 0 aliphatic carbocycles. The second-order valence-corrected chi connectivity index (χ2v) is 6.04. The minimum Gasteiger partial charge on any atom is -0.392 e. The van der Waals surface area contributed by atoms with E-state index in [0.29, 0.717) is 6.54 Å². The van der Waals surface area contributed by atoms with Crippen molar-refractivity contribution in [2.75, 3.05) is 26.8 Å². The van der Waals surface area contributed by atoms with Crippen LogP contribution < -0.4 is 0 Å². The maximum atomic E-state index is 9.73. The van der Waals surface area contributed by atoms with E-state index in [1.807, 2.05) is 13.0 Å². The summed E-state index contributed by atoms with van der Waals surface area (Å²) in [7, 11) is 1.73. The van der Waals surface area contributed by atoms with Crippen molar-refractivity contribution in [2.45, 2.75) is 32.5 Å². The largest absolute Gasteiger partial charge is 0.392 e. The second-order valence-electron chi connectivity index (χ2n) is 6.04. The van der Waals surface area contributed by atoms with E-state index in [4.69, 9.17) is 4.74 Å². The minimum atomic E-state index is -0.324. The Kier molecular flexibility index (Phi) is 7.33. The van der Waals surface area contributed by atoms with Crippen LogP contribution in [0.3, 0.4) is 0 Å². The fourth-order valence-electron chi connectivity index (χ4n) is 2.80. The van der Waals surface area contributed by atoms with Crippen LogP contribution in [0.5, 0.6) is 0 Å². The standard InChI is InChI=1S/C19H28N2O2/c1-17(22)14-20(11-7-13-23-2)16-19-10-6-12-21(19)15-18-8-4-3-5-9-18/h3-6,8-10,12,17,22H,7,11,13-16H2,1-2H3. The molecule has 126 valence electrons. The minimum absolute atomic E-state index is 0.324. The molecule has 0 aliphatic heterocycles. The first-order valence-corrected chi connectivity index (χ1v) is 8.26. The number of aliphatic hydroxyl groups excluding tert-OH is 1. The molecule has 4 heteroatoms. The summed E-state index contributed by atoms with van der Waals surface area (Å²) in [6.07, 6.45) is 2.77. The normalized spacial score (nSPS) is 12.7. The van der Waals surface area contributed by atoms with Crippen molar-refractivity contribution in [3.05, 3.63) is 59.9 Å². The van der Waals surface area contributed by atoms with Gasteiger partial charge in [0.25, 0.3) is 0 Å². The predicted octanol–water partition coefficient (Wildman–Crippen LogP) is 2.76. The lowest BCUT2D eigenvalue weighted by Crippen LogP contribution is -2.32. The molecule has 4 nitrogen and oxygen atoms in total. The Hall–Kier alpha value is -1.62. The van der Waals surface area contributed by atoms with Gasteiger partial charge in [0, 0.05) is 51.8 Å². The lowest BCUT2D eigenvalue weighted by Gasteiger charge is -2.24. The Morgan fingerprint density at radius 2 is 1.96 bits per heavy atom. The molecule has 2 aromatic rings. The molecule has 0 amide bonds. The molecule has 0 aliphatic rings. The number of aromatic nitrogens is 1. The summed E-state index contributed by atoms with van der Waals surface area (Å²) in [5.41, 5.74) is 2.57. The highest BCUT2D eigenvalue weighted by atomic mass is 16.5. The van der Waals surface area contributed by atoms with Gasteiger partial charge in [-0.25, -0.2) is 0 Å². The summed E-state index contributed by atoms with van der Waals surface area (Å²) in [5.74, 6) is 0. The molecule has 0 radical (unpaired) electrons.